The van der Waals surface area contributed by atoms with Gasteiger partial charge in [0.25, 0.3) is 0 Å². The zero-order chi connectivity index (χ0) is 21.0. The average Bonchev–Trinajstić information content (AvgIpc) is 2.81. The molecule has 0 aromatic heterocycles. The molecule has 0 aliphatic rings. The summed E-state index contributed by atoms with van der Waals surface area (Å²) in [5.74, 6) is 1.38. The third kappa shape index (κ3) is 6.94. The van der Waals surface area contributed by atoms with Gasteiger partial charge in [-0.15, -0.1) is 0 Å². The van der Waals surface area contributed by atoms with Gasteiger partial charge in [0.2, 0.25) is 0 Å². The van der Waals surface area contributed by atoms with Crippen molar-refractivity contribution in [2.24, 2.45) is 0 Å². The standard InChI is InChI=1S/C22H22N2O6/c25-23(29-16-14-27-21-10-3-1-4-11-21)19-8-7-9-20(18-19)24(26)30-17-15-28-22-12-5-2-6-13-22/h1-13,18H,14-17H2/q-2. The Morgan fingerprint density at radius 2 is 0.967 bits per heavy atom. The normalized spacial score (nSPS) is 10.5. The van der Waals surface area contributed by atoms with Gasteiger partial charge in [0.05, 0.1) is 11.4 Å². The van der Waals surface area contributed by atoms with E-state index in [0.29, 0.717) is 22.0 Å². The molecule has 0 amide bonds. The number of hydrogen-bond donors (Lipinski definition) is 0. The maximum Gasteiger partial charge on any atom is 0.119 e. The quantitative estimate of drug-likeness (QED) is 0.322. The Morgan fingerprint density at radius 3 is 1.40 bits per heavy atom. The fourth-order valence-corrected chi connectivity index (χ4v) is 2.46. The van der Waals surface area contributed by atoms with Crippen LogP contribution in [0.1, 0.15) is 0 Å². The zero-order valence-electron chi connectivity index (χ0n) is 16.3. The Bertz CT molecular complexity index is 797. The van der Waals surface area contributed by atoms with Crippen molar-refractivity contribution in [1.29, 1.82) is 0 Å². The van der Waals surface area contributed by atoms with E-state index in [1.54, 1.807) is 6.07 Å². The summed E-state index contributed by atoms with van der Waals surface area (Å²) in [4.78, 5) is 10.2. The molecule has 3 aromatic carbocycles. The number of rotatable bonds is 12. The van der Waals surface area contributed by atoms with Gasteiger partial charge in [-0.25, -0.2) is 0 Å². The Balaban J connectivity index is 1.40. The van der Waals surface area contributed by atoms with Gasteiger partial charge >= 0.3 is 0 Å². The maximum absolute atomic E-state index is 12.1. The molecule has 3 aromatic rings. The summed E-state index contributed by atoms with van der Waals surface area (Å²) in [6.45, 7) is 0.523. The molecule has 0 N–H and O–H groups in total. The molecule has 0 spiro atoms. The summed E-state index contributed by atoms with van der Waals surface area (Å²) in [5.41, 5.74) is 0.328. The lowest BCUT2D eigenvalue weighted by Gasteiger charge is -2.32. The number of benzene rings is 3. The van der Waals surface area contributed by atoms with Crippen LogP contribution in [0.4, 0.5) is 11.4 Å². The molecule has 3 rings (SSSR count). The first-order chi connectivity index (χ1) is 14.7. The molecule has 0 fully saturated rings. The van der Waals surface area contributed by atoms with Crippen molar-refractivity contribution in [2.45, 2.75) is 0 Å². The Morgan fingerprint density at radius 1 is 0.533 bits per heavy atom. The van der Waals surface area contributed by atoms with Crippen LogP contribution in [0.3, 0.4) is 0 Å². The second kappa shape index (κ2) is 11.6. The molecule has 0 heterocycles. The molecule has 30 heavy (non-hydrogen) atoms. The molecule has 0 bridgehead atoms. The number of hydrogen-bond acceptors (Lipinski definition) is 8. The van der Waals surface area contributed by atoms with Crippen molar-refractivity contribution in [1.82, 2.24) is 0 Å². The lowest BCUT2D eigenvalue weighted by molar-refractivity contribution is 0.0964. The topological polar surface area (TPSA) is 89.5 Å². The monoisotopic (exact) mass is 410 g/mol. The molecule has 0 aliphatic heterocycles. The molecular weight excluding hydrogens is 388 g/mol. The highest BCUT2D eigenvalue weighted by Gasteiger charge is 2.02. The molecule has 0 radical (unpaired) electrons. The fraction of sp³-hybridized carbons (Fsp3) is 0.182. The smallest absolute Gasteiger partial charge is 0.119 e. The van der Waals surface area contributed by atoms with Gasteiger partial charge in [-0.3, -0.25) is 9.68 Å². The van der Waals surface area contributed by atoms with Crippen LogP contribution in [0.15, 0.2) is 84.9 Å². The van der Waals surface area contributed by atoms with Gasteiger partial charge in [0.15, 0.2) is 0 Å². The second-order valence-corrected chi connectivity index (χ2v) is 6.02. The maximum atomic E-state index is 12.1. The molecule has 0 atom stereocenters. The highest BCUT2D eigenvalue weighted by Crippen LogP contribution is 2.22. The van der Waals surface area contributed by atoms with Crippen molar-refractivity contribution in [3.8, 4) is 11.5 Å². The first kappa shape index (κ1) is 21.4. The first-order valence-corrected chi connectivity index (χ1v) is 9.38. The van der Waals surface area contributed by atoms with Crippen molar-refractivity contribution in [3.05, 3.63) is 95.3 Å². The lowest BCUT2D eigenvalue weighted by Crippen LogP contribution is -2.22. The Kier molecular flexibility index (Phi) is 8.31. The van der Waals surface area contributed by atoms with Gasteiger partial charge in [-0.1, -0.05) is 42.5 Å². The SMILES string of the molecule is [O-]N(OCCOc1ccccc1)c1cccc(N([O-])OCCOc2ccccc2)c1. The van der Waals surface area contributed by atoms with E-state index in [9.17, 15) is 10.4 Å². The van der Waals surface area contributed by atoms with Crippen molar-refractivity contribution < 1.29 is 19.1 Å². The van der Waals surface area contributed by atoms with Crippen molar-refractivity contribution in [3.63, 3.8) is 0 Å². The molecule has 8 nitrogen and oxygen atoms in total. The van der Waals surface area contributed by atoms with Crippen molar-refractivity contribution >= 4 is 11.4 Å². The van der Waals surface area contributed by atoms with Gasteiger partial charge < -0.3 is 30.3 Å². The largest absolute Gasteiger partial charge is 0.733 e. The number of ether oxygens (including phenoxy) is 2. The minimum Gasteiger partial charge on any atom is -0.733 e. The van der Waals surface area contributed by atoms with Crippen LogP contribution in [-0.2, 0) is 9.68 Å². The highest BCUT2D eigenvalue weighted by molar-refractivity contribution is 5.57. The van der Waals surface area contributed by atoms with Crippen molar-refractivity contribution in [2.75, 3.05) is 36.9 Å². The summed E-state index contributed by atoms with van der Waals surface area (Å²) in [6.07, 6.45) is 0. The molecular formula is C22H22N2O6-2. The van der Waals surface area contributed by atoms with E-state index >= 15 is 0 Å². The van der Waals surface area contributed by atoms with E-state index in [1.807, 2.05) is 60.7 Å². The van der Waals surface area contributed by atoms with Crippen LogP contribution in [0.2, 0.25) is 0 Å². The van der Waals surface area contributed by atoms with E-state index < -0.39 is 0 Å². The summed E-state index contributed by atoms with van der Waals surface area (Å²) in [6, 6.07) is 24.4. The van der Waals surface area contributed by atoms with Crippen LogP contribution < -0.4 is 19.9 Å². The highest BCUT2D eigenvalue weighted by atomic mass is 16.9. The van der Waals surface area contributed by atoms with E-state index in [-0.39, 0.29) is 37.8 Å². The van der Waals surface area contributed by atoms with Crippen LogP contribution in [0, 0.1) is 10.4 Å². The molecule has 158 valence electrons. The van der Waals surface area contributed by atoms with E-state index in [0.717, 1.165) is 0 Å². The van der Waals surface area contributed by atoms with Gasteiger partial charge in [0.1, 0.15) is 37.9 Å². The minimum absolute atomic E-state index is 0.0526. The zero-order valence-corrected chi connectivity index (χ0v) is 16.3. The van der Waals surface area contributed by atoms with E-state index in [2.05, 4.69) is 0 Å². The molecule has 0 unspecified atom stereocenters. The van der Waals surface area contributed by atoms with Gasteiger partial charge in [0, 0.05) is 0 Å². The number of nitrogens with zero attached hydrogens (tertiary/aromatic N) is 2. The first-order valence-electron chi connectivity index (χ1n) is 9.38. The van der Waals surface area contributed by atoms with Crippen LogP contribution >= 0.6 is 0 Å². The summed E-state index contributed by atoms with van der Waals surface area (Å²) >= 11 is 0. The molecule has 0 saturated heterocycles. The third-order valence-electron chi connectivity index (χ3n) is 3.86. The summed E-state index contributed by atoms with van der Waals surface area (Å²) in [5, 5.41) is 24.9. The van der Waals surface area contributed by atoms with Crippen LogP contribution in [0.25, 0.3) is 0 Å². The Hall–Kier alpha value is -3.30. The predicted molar refractivity (Wildman–Crippen MR) is 114 cm³/mol. The predicted octanol–water partition coefficient (Wildman–Crippen LogP) is 4.32. The minimum atomic E-state index is 0.0526. The number of para-hydroxylation sites is 2. The summed E-state index contributed by atoms with van der Waals surface area (Å²) < 4.78 is 10.9. The van der Waals surface area contributed by atoms with Gasteiger partial charge in [-0.05, 0) is 42.5 Å². The molecule has 0 aliphatic carbocycles. The number of anilines is 2. The van der Waals surface area contributed by atoms with E-state index in [4.69, 9.17) is 19.1 Å². The molecule has 0 saturated carbocycles. The van der Waals surface area contributed by atoms with Crippen LogP contribution in [0.5, 0.6) is 11.5 Å². The molecule has 8 heteroatoms. The van der Waals surface area contributed by atoms with E-state index in [1.165, 1.54) is 18.2 Å². The lowest BCUT2D eigenvalue weighted by atomic mass is 10.3. The average molecular weight is 410 g/mol. The summed E-state index contributed by atoms with van der Waals surface area (Å²) in [7, 11) is 0. The Labute approximate surface area is 174 Å². The second-order valence-electron chi connectivity index (χ2n) is 6.02. The third-order valence-corrected chi connectivity index (χ3v) is 3.86. The van der Waals surface area contributed by atoms with Crippen LogP contribution in [-0.4, -0.2) is 26.4 Å². The van der Waals surface area contributed by atoms with Gasteiger partial charge in [-0.2, -0.15) is 0 Å². The fourth-order valence-electron chi connectivity index (χ4n) is 2.46.